The summed E-state index contributed by atoms with van der Waals surface area (Å²) in [7, 11) is 0. The molecule has 0 amide bonds. The lowest BCUT2D eigenvalue weighted by molar-refractivity contribution is 0.541. The third kappa shape index (κ3) is 1.50. The molecule has 0 bridgehead atoms. The van der Waals surface area contributed by atoms with Gasteiger partial charge >= 0.3 is 0 Å². The van der Waals surface area contributed by atoms with E-state index in [0.717, 1.165) is 18.0 Å². The second kappa shape index (κ2) is 3.61. The van der Waals surface area contributed by atoms with Crippen molar-refractivity contribution in [3.05, 3.63) is 12.5 Å². The molecule has 1 heterocycles. The standard InChI is InChI=1S/C6H10N3S/c1-3-4-9-6(10-2)5-7-8-9/h5H,2-4H2,1H3. The zero-order valence-electron chi connectivity index (χ0n) is 5.95. The molecule has 1 aromatic heterocycles. The van der Waals surface area contributed by atoms with Crippen molar-refractivity contribution in [1.82, 2.24) is 15.0 Å². The van der Waals surface area contributed by atoms with Gasteiger partial charge in [-0.2, -0.15) is 0 Å². The van der Waals surface area contributed by atoms with Crippen LogP contribution in [0.2, 0.25) is 0 Å². The normalized spacial score (nSPS) is 10.2. The second-order valence-electron chi connectivity index (χ2n) is 1.94. The predicted octanol–water partition coefficient (Wildman–Crippen LogP) is 1.57. The number of rotatable bonds is 3. The van der Waals surface area contributed by atoms with Crippen LogP contribution < -0.4 is 0 Å². The smallest absolute Gasteiger partial charge is 0.114 e. The van der Waals surface area contributed by atoms with E-state index < -0.39 is 0 Å². The van der Waals surface area contributed by atoms with Crippen LogP contribution in [0.5, 0.6) is 0 Å². The Labute approximate surface area is 64.8 Å². The minimum atomic E-state index is 0.928. The Bertz CT molecular complexity index is 197. The van der Waals surface area contributed by atoms with Crippen LogP contribution >= 0.6 is 11.8 Å². The number of aromatic nitrogens is 3. The number of nitrogens with zero attached hydrogens (tertiary/aromatic N) is 3. The Morgan fingerprint density at radius 2 is 2.60 bits per heavy atom. The monoisotopic (exact) mass is 156 g/mol. The van der Waals surface area contributed by atoms with E-state index in [1.54, 1.807) is 6.20 Å². The van der Waals surface area contributed by atoms with Crippen molar-refractivity contribution in [3.63, 3.8) is 0 Å². The molecule has 4 heteroatoms. The van der Waals surface area contributed by atoms with E-state index in [4.69, 9.17) is 0 Å². The number of thioether (sulfide) groups is 1. The zero-order valence-corrected chi connectivity index (χ0v) is 6.77. The van der Waals surface area contributed by atoms with E-state index >= 15 is 0 Å². The minimum absolute atomic E-state index is 0.928. The lowest BCUT2D eigenvalue weighted by Gasteiger charge is -1.98. The molecule has 0 fully saturated rings. The molecule has 3 nitrogen and oxygen atoms in total. The van der Waals surface area contributed by atoms with Gasteiger partial charge in [0.1, 0.15) is 5.03 Å². The highest BCUT2D eigenvalue weighted by atomic mass is 32.2. The molecule has 1 rings (SSSR count). The summed E-state index contributed by atoms with van der Waals surface area (Å²) in [5, 5.41) is 8.68. The molecule has 1 radical (unpaired) electrons. The molecule has 0 aliphatic rings. The first-order chi connectivity index (χ1) is 4.88. The van der Waals surface area contributed by atoms with E-state index in [9.17, 15) is 0 Å². The van der Waals surface area contributed by atoms with Gasteiger partial charge in [-0.15, -0.1) is 16.9 Å². The molecular weight excluding hydrogens is 146 g/mol. The van der Waals surface area contributed by atoms with Crippen LogP contribution in [0.3, 0.4) is 0 Å². The SMILES string of the molecule is [CH2]Sc1cnnn1CCC. The second-order valence-corrected chi connectivity index (χ2v) is 2.65. The van der Waals surface area contributed by atoms with Gasteiger partial charge in [0, 0.05) is 12.8 Å². The molecular formula is C6H10N3S. The molecule has 10 heavy (non-hydrogen) atoms. The summed E-state index contributed by atoms with van der Waals surface area (Å²) in [5.74, 6) is 0. The summed E-state index contributed by atoms with van der Waals surface area (Å²) >= 11 is 1.43. The highest BCUT2D eigenvalue weighted by molar-refractivity contribution is 8.00. The Balaban J connectivity index is 2.70. The fourth-order valence-corrected chi connectivity index (χ4v) is 1.13. The number of aryl methyl sites for hydroxylation is 1. The summed E-state index contributed by atoms with van der Waals surface area (Å²) in [6.07, 6.45) is 6.50. The van der Waals surface area contributed by atoms with Gasteiger partial charge in [-0.05, 0) is 6.42 Å². The van der Waals surface area contributed by atoms with Crippen LogP contribution in [0.15, 0.2) is 11.2 Å². The van der Waals surface area contributed by atoms with Crippen molar-refractivity contribution in [2.75, 3.05) is 0 Å². The molecule has 55 valence electrons. The average molecular weight is 156 g/mol. The molecule has 0 saturated heterocycles. The largest absolute Gasteiger partial charge is 0.239 e. The fourth-order valence-electron chi connectivity index (χ4n) is 0.727. The minimum Gasteiger partial charge on any atom is -0.239 e. The van der Waals surface area contributed by atoms with Gasteiger partial charge in [0.25, 0.3) is 0 Å². The molecule has 0 aliphatic heterocycles. The van der Waals surface area contributed by atoms with Gasteiger partial charge in [-0.1, -0.05) is 12.1 Å². The summed E-state index contributed by atoms with van der Waals surface area (Å²) in [6.45, 7) is 3.04. The van der Waals surface area contributed by atoms with Gasteiger partial charge in [-0.25, -0.2) is 4.68 Å². The van der Waals surface area contributed by atoms with Crippen LogP contribution in [0.25, 0.3) is 0 Å². The molecule has 0 atom stereocenters. The fraction of sp³-hybridized carbons (Fsp3) is 0.500. The van der Waals surface area contributed by atoms with Crippen molar-refractivity contribution in [1.29, 1.82) is 0 Å². The maximum absolute atomic E-state index is 3.88. The van der Waals surface area contributed by atoms with Crippen molar-refractivity contribution in [3.8, 4) is 0 Å². The zero-order chi connectivity index (χ0) is 7.40. The van der Waals surface area contributed by atoms with Crippen molar-refractivity contribution in [2.24, 2.45) is 0 Å². The summed E-state index contributed by atoms with van der Waals surface area (Å²) in [4.78, 5) is 0. The Kier molecular flexibility index (Phi) is 2.74. The van der Waals surface area contributed by atoms with Gasteiger partial charge in [0.05, 0.1) is 6.20 Å². The average Bonchev–Trinajstić information content (AvgIpc) is 2.36. The van der Waals surface area contributed by atoms with Gasteiger partial charge in [0.15, 0.2) is 0 Å². The number of hydrogen-bond donors (Lipinski definition) is 0. The lowest BCUT2D eigenvalue weighted by Crippen LogP contribution is -1.99. The molecule has 0 saturated carbocycles. The topological polar surface area (TPSA) is 30.7 Å². The molecule has 0 N–H and O–H groups in total. The molecule has 0 aliphatic carbocycles. The maximum atomic E-state index is 3.88. The van der Waals surface area contributed by atoms with Gasteiger partial charge in [0.2, 0.25) is 0 Å². The number of hydrogen-bond acceptors (Lipinski definition) is 3. The van der Waals surface area contributed by atoms with Crippen LogP contribution in [0.1, 0.15) is 13.3 Å². The Morgan fingerprint density at radius 3 is 3.20 bits per heavy atom. The van der Waals surface area contributed by atoms with Crippen LogP contribution in [0.4, 0.5) is 0 Å². The summed E-state index contributed by atoms with van der Waals surface area (Å²) in [6, 6.07) is 0. The van der Waals surface area contributed by atoms with Crippen LogP contribution in [-0.4, -0.2) is 15.0 Å². The first-order valence-corrected chi connectivity index (χ1v) is 4.17. The maximum Gasteiger partial charge on any atom is 0.114 e. The molecule has 0 unspecified atom stereocenters. The highest BCUT2D eigenvalue weighted by Gasteiger charge is 1.98. The van der Waals surface area contributed by atoms with E-state index in [0.29, 0.717) is 0 Å². The molecule has 0 spiro atoms. The van der Waals surface area contributed by atoms with E-state index in [1.165, 1.54) is 11.8 Å². The first-order valence-electron chi connectivity index (χ1n) is 3.19. The van der Waals surface area contributed by atoms with Crippen LogP contribution in [-0.2, 0) is 6.54 Å². The van der Waals surface area contributed by atoms with Crippen molar-refractivity contribution < 1.29 is 0 Å². The lowest BCUT2D eigenvalue weighted by atomic mass is 10.5. The Hall–Kier alpha value is -0.510. The quantitative estimate of drug-likeness (QED) is 0.622. The third-order valence-corrected chi connectivity index (χ3v) is 1.78. The van der Waals surface area contributed by atoms with Gasteiger partial charge in [-0.3, -0.25) is 0 Å². The predicted molar refractivity (Wildman–Crippen MR) is 41.5 cm³/mol. The first kappa shape index (κ1) is 7.60. The van der Waals surface area contributed by atoms with E-state index in [2.05, 4.69) is 23.5 Å². The summed E-state index contributed by atoms with van der Waals surface area (Å²) in [5.41, 5.74) is 0. The van der Waals surface area contributed by atoms with Crippen LogP contribution in [0, 0.1) is 6.26 Å². The Morgan fingerprint density at radius 1 is 1.80 bits per heavy atom. The van der Waals surface area contributed by atoms with Crippen molar-refractivity contribution in [2.45, 2.75) is 24.9 Å². The molecule has 0 aromatic carbocycles. The third-order valence-electron chi connectivity index (χ3n) is 1.17. The van der Waals surface area contributed by atoms with E-state index in [-0.39, 0.29) is 0 Å². The summed E-state index contributed by atoms with van der Waals surface area (Å²) < 4.78 is 1.86. The van der Waals surface area contributed by atoms with Crippen molar-refractivity contribution >= 4 is 11.8 Å². The van der Waals surface area contributed by atoms with Gasteiger partial charge < -0.3 is 0 Å². The molecule has 1 aromatic rings. The highest BCUT2D eigenvalue weighted by Crippen LogP contribution is 2.13. The van der Waals surface area contributed by atoms with E-state index in [1.807, 2.05) is 4.68 Å².